The van der Waals surface area contributed by atoms with E-state index < -0.39 is 0 Å². The fraction of sp³-hybridized carbons (Fsp3) is 0.824. The fourth-order valence-corrected chi connectivity index (χ4v) is 4.75. The topological polar surface area (TPSA) is 29.9 Å². The first-order valence-corrected chi connectivity index (χ1v) is 8.66. The van der Waals surface area contributed by atoms with Gasteiger partial charge < -0.3 is 5.32 Å². The van der Waals surface area contributed by atoms with E-state index in [4.69, 9.17) is 5.10 Å². The zero-order valence-electron chi connectivity index (χ0n) is 12.4. The minimum atomic E-state index is 0.667. The van der Waals surface area contributed by atoms with Crippen LogP contribution >= 0.6 is 0 Å². The van der Waals surface area contributed by atoms with E-state index in [1.54, 1.807) is 0 Å². The number of rotatable bonds is 4. The predicted octanol–water partition coefficient (Wildman–Crippen LogP) is 3.67. The first-order valence-electron chi connectivity index (χ1n) is 8.66. The second-order valence-corrected chi connectivity index (χ2v) is 7.24. The standard InChI is InChI=1S/C17H27N3/c1-2-4-16(5-3-1)20-9-8-15(19-20)12-18-17-11-13-6-7-14(17)10-13/h8-9,13-14,16-18H,1-7,10-12H2. The molecule has 3 heteroatoms. The molecule has 3 saturated carbocycles. The van der Waals surface area contributed by atoms with Crippen LogP contribution in [0.3, 0.4) is 0 Å². The Labute approximate surface area is 122 Å². The van der Waals surface area contributed by atoms with Gasteiger partial charge in [0, 0.05) is 18.8 Å². The second kappa shape index (κ2) is 5.51. The second-order valence-electron chi connectivity index (χ2n) is 7.24. The molecule has 0 radical (unpaired) electrons. The Bertz CT molecular complexity index is 447. The third-order valence-corrected chi connectivity index (χ3v) is 5.90. The summed E-state index contributed by atoms with van der Waals surface area (Å²) < 4.78 is 2.23. The molecular weight excluding hydrogens is 246 g/mol. The number of nitrogens with zero attached hydrogens (tertiary/aromatic N) is 2. The molecule has 0 amide bonds. The summed E-state index contributed by atoms with van der Waals surface area (Å²) in [5.41, 5.74) is 1.23. The van der Waals surface area contributed by atoms with E-state index >= 15 is 0 Å². The average molecular weight is 273 g/mol. The molecule has 1 heterocycles. The van der Waals surface area contributed by atoms with Gasteiger partial charge in [-0.3, -0.25) is 4.68 Å². The van der Waals surface area contributed by atoms with Gasteiger partial charge in [-0.1, -0.05) is 25.7 Å². The van der Waals surface area contributed by atoms with Gasteiger partial charge in [0.15, 0.2) is 0 Å². The van der Waals surface area contributed by atoms with Crippen LogP contribution in [0.1, 0.15) is 69.5 Å². The van der Waals surface area contributed by atoms with Gasteiger partial charge in [-0.2, -0.15) is 5.10 Å². The summed E-state index contributed by atoms with van der Waals surface area (Å²) in [7, 11) is 0. The van der Waals surface area contributed by atoms with Crippen LogP contribution in [0.15, 0.2) is 12.3 Å². The molecule has 3 atom stereocenters. The van der Waals surface area contributed by atoms with Crippen molar-refractivity contribution in [1.29, 1.82) is 0 Å². The first-order chi connectivity index (χ1) is 9.88. The van der Waals surface area contributed by atoms with E-state index in [0.29, 0.717) is 6.04 Å². The number of hydrogen-bond donors (Lipinski definition) is 1. The van der Waals surface area contributed by atoms with E-state index in [-0.39, 0.29) is 0 Å². The van der Waals surface area contributed by atoms with Crippen molar-refractivity contribution in [3.63, 3.8) is 0 Å². The summed E-state index contributed by atoms with van der Waals surface area (Å²) in [6.07, 6.45) is 14.8. The molecule has 110 valence electrons. The number of fused-ring (bicyclic) bond motifs is 2. The Morgan fingerprint density at radius 3 is 2.75 bits per heavy atom. The smallest absolute Gasteiger partial charge is 0.0762 e. The Morgan fingerprint density at radius 1 is 1.10 bits per heavy atom. The van der Waals surface area contributed by atoms with Gasteiger partial charge in [0.25, 0.3) is 0 Å². The van der Waals surface area contributed by atoms with Crippen LogP contribution in [0.5, 0.6) is 0 Å². The largest absolute Gasteiger partial charge is 0.308 e. The number of hydrogen-bond acceptors (Lipinski definition) is 2. The molecule has 2 bridgehead atoms. The molecule has 0 saturated heterocycles. The molecule has 4 rings (SSSR count). The number of aromatic nitrogens is 2. The molecule has 3 unspecified atom stereocenters. The third-order valence-electron chi connectivity index (χ3n) is 5.90. The highest BCUT2D eigenvalue weighted by Crippen LogP contribution is 2.44. The quantitative estimate of drug-likeness (QED) is 0.907. The van der Waals surface area contributed by atoms with Crippen molar-refractivity contribution in [3.05, 3.63) is 18.0 Å². The minimum Gasteiger partial charge on any atom is -0.308 e. The molecule has 1 N–H and O–H groups in total. The van der Waals surface area contributed by atoms with E-state index in [9.17, 15) is 0 Å². The van der Waals surface area contributed by atoms with Crippen molar-refractivity contribution in [2.24, 2.45) is 11.8 Å². The highest BCUT2D eigenvalue weighted by atomic mass is 15.3. The Kier molecular flexibility index (Phi) is 3.55. The summed E-state index contributed by atoms with van der Waals surface area (Å²) in [6, 6.07) is 3.66. The van der Waals surface area contributed by atoms with Crippen molar-refractivity contribution in [2.45, 2.75) is 76.4 Å². The normalized spacial score (nSPS) is 33.9. The van der Waals surface area contributed by atoms with Crippen molar-refractivity contribution in [2.75, 3.05) is 0 Å². The summed E-state index contributed by atoms with van der Waals surface area (Å²) in [5.74, 6) is 1.98. The van der Waals surface area contributed by atoms with E-state index in [1.807, 2.05) is 0 Å². The van der Waals surface area contributed by atoms with Crippen LogP contribution in [-0.2, 0) is 6.54 Å². The SMILES string of the molecule is c1cn(C2CCCCC2)nc1CNC1CC2CCC1C2. The summed E-state index contributed by atoms with van der Waals surface area (Å²) >= 11 is 0. The lowest BCUT2D eigenvalue weighted by Gasteiger charge is -2.23. The molecule has 0 spiro atoms. The first kappa shape index (κ1) is 12.9. The van der Waals surface area contributed by atoms with Crippen LogP contribution in [0.2, 0.25) is 0 Å². The van der Waals surface area contributed by atoms with Gasteiger partial charge in [-0.25, -0.2) is 0 Å². The molecule has 1 aromatic rings. The maximum Gasteiger partial charge on any atom is 0.0762 e. The maximum absolute atomic E-state index is 4.81. The molecule has 3 aliphatic carbocycles. The van der Waals surface area contributed by atoms with Gasteiger partial charge in [-0.15, -0.1) is 0 Å². The molecule has 3 aliphatic rings. The van der Waals surface area contributed by atoms with Gasteiger partial charge in [0.05, 0.1) is 11.7 Å². The maximum atomic E-state index is 4.81. The van der Waals surface area contributed by atoms with Crippen molar-refractivity contribution in [3.8, 4) is 0 Å². The van der Waals surface area contributed by atoms with Crippen molar-refractivity contribution in [1.82, 2.24) is 15.1 Å². The van der Waals surface area contributed by atoms with E-state index in [2.05, 4.69) is 22.3 Å². The van der Waals surface area contributed by atoms with Crippen LogP contribution in [0.4, 0.5) is 0 Å². The summed E-state index contributed by atoms with van der Waals surface area (Å²) in [4.78, 5) is 0. The minimum absolute atomic E-state index is 0.667. The Morgan fingerprint density at radius 2 is 2.00 bits per heavy atom. The monoisotopic (exact) mass is 273 g/mol. The molecule has 3 fully saturated rings. The Balaban J connectivity index is 1.32. The zero-order chi connectivity index (χ0) is 13.4. The Hall–Kier alpha value is -0.830. The third kappa shape index (κ3) is 2.52. The van der Waals surface area contributed by atoms with E-state index in [0.717, 1.165) is 24.4 Å². The molecule has 20 heavy (non-hydrogen) atoms. The van der Waals surface area contributed by atoms with Crippen molar-refractivity contribution < 1.29 is 0 Å². The molecule has 1 aromatic heterocycles. The van der Waals surface area contributed by atoms with Crippen LogP contribution < -0.4 is 5.32 Å². The van der Waals surface area contributed by atoms with Crippen molar-refractivity contribution >= 4 is 0 Å². The highest BCUT2D eigenvalue weighted by Gasteiger charge is 2.39. The molecule has 3 nitrogen and oxygen atoms in total. The lowest BCUT2D eigenvalue weighted by Crippen LogP contribution is -2.33. The lowest BCUT2D eigenvalue weighted by molar-refractivity contribution is 0.324. The van der Waals surface area contributed by atoms with Crippen LogP contribution in [-0.4, -0.2) is 15.8 Å². The molecular formula is C17H27N3. The van der Waals surface area contributed by atoms with E-state index in [1.165, 1.54) is 63.5 Å². The highest BCUT2D eigenvalue weighted by molar-refractivity contribution is 5.02. The summed E-state index contributed by atoms with van der Waals surface area (Å²) in [5, 5.41) is 8.58. The van der Waals surface area contributed by atoms with Gasteiger partial charge in [0.2, 0.25) is 0 Å². The lowest BCUT2D eigenvalue weighted by atomic mass is 9.95. The fourth-order valence-electron chi connectivity index (χ4n) is 4.75. The zero-order valence-corrected chi connectivity index (χ0v) is 12.4. The van der Waals surface area contributed by atoms with Gasteiger partial charge in [0.1, 0.15) is 0 Å². The molecule has 0 aromatic carbocycles. The molecule has 0 aliphatic heterocycles. The van der Waals surface area contributed by atoms with Gasteiger partial charge >= 0.3 is 0 Å². The summed E-state index contributed by atoms with van der Waals surface area (Å²) in [6.45, 7) is 0.966. The predicted molar refractivity (Wildman–Crippen MR) is 80.4 cm³/mol. The van der Waals surface area contributed by atoms with Gasteiger partial charge in [-0.05, 0) is 50.0 Å². The number of nitrogens with one attached hydrogen (secondary N) is 1. The van der Waals surface area contributed by atoms with Crippen LogP contribution in [0.25, 0.3) is 0 Å². The van der Waals surface area contributed by atoms with Crippen LogP contribution in [0, 0.1) is 11.8 Å². The average Bonchev–Trinajstić information content (AvgIpc) is 3.22.